The second kappa shape index (κ2) is 8.80. The predicted octanol–water partition coefficient (Wildman–Crippen LogP) is 3.89. The summed E-state index contributed by atoms with van der Waals surface area (Å²) in [6, 6.07) is 12.7. The van der Waals surface area contributed by atoms with Gasteiger partial charge in [-0.2, -0.15) is 0 Å². The Bertz CT molecular complexity index is 742. The van der Waals surface area contributed by atoms with Gasteiger partial charge in [0.25, 0.3) is 5.91 Å². The largest absolute Gasteiger partial charge is 0.508 e. The van der Waals surface area contributed by atoms with Crippen LogP contribution in [0.25, 0.3) is 0 Å². The number of nitrogens with zero attached hydrogens (tertiary/aromatic N) is 1. The number of hydrogen-bond donors (Lipinski definition) is 1. The molecule has 1 heterocycles. The normalized spacial score (nSPS) is 14.8. The number of phenols is 1. The minimum Gasteiger partial charge on any atom is -0.508 e. The number of benzene rings is 2. The van der Waals surface area contributed by atoms with Gasteiger partial charge in [-0.3, -0.25) is 4.79 Å². The summed E-state index contributed by atoms with van der Waals surface area (Å²) < 4.78 is 10.5. The van der Waals surface area contributed by atoms with Crippen LogP contribution >= 0.6 is 0 Å². The van der Waals surface area contributed by atoms with E-state index in [0.29, 0.717) is 28.7 Å². The Morgan fingerprint density at radius 1 is 1.04 bits per heavy atom. The van der Waals surface area contributed by atoms with Gasteiger partial charge in [0.05, 0.1) is 14.2 Å². The molecule has 0 aromatic heterocycles. The number of phenolic OH excluding ortho intramolecular Hbond substituents is 1. The van der Waals surface area contributed by atoms with E-state index in [4.69, 9.17) is 9.47 Å². The van der Waals surface area contributed by atoms with Crippen molar-refractivity contribution >= 4 is 5.91 Å². The molecule has 0 unspecified atom stereocenters. The molecule has 0 bridgehead atoms. The van der Waals surface area contributed by atoms with Crippen molar-refractivity contribution in [1.82, 2.24) is 4.90 Å². The molecule has 27 heavy (non-hydrogen) atoms. The van der Waals surface area contributed by atoms with E-state index in [2.05, 4.69) is 0 Å². The summed E-state index contributed by atoms with van der Waals surface area (Å²) in [5.41, 5.74) is 1.85. The van der Waals surface area contributed by atoms with Crippen LogP contribution in [-0.2, 0) is 6.42 Å². The Morgan fingerprint density at radius 3 is 2.19 bits per heavy atom. The Labute approximate surface area is 160 Å². The number of ether oxygens (including phenoxy) is 2. The molecule has 1 fully saturated rings. The first kappa shape index (κ1) is 19.1. The second-order valence-electron chi connectivity index (χ2n) is 7.04. The third kappa shape index (κ3) is 4.94. The smallest absolute Gasteiger partial charge is 0.254 e. The maximum absolute atomic E-state index is 12.8. The van der Waals surface area contributed by atoms with Crippen molar-refractivity contribution in [3.63, 3.8) is 0 Å². The van der Waals surface area contributed by atoms with Crippen molar-refractivity contribution in [2.45, 2.75) is 25.7 Å². The van der Waals surface area contributed by atoms with Crippen molar-refractivity contribution in [3.05, 3.63) is 53.6 Å². The van der Waals surface area contributed by atoms with Crippen LogP contribution in [0.3, 0.4) is 0 Å². The monoisotopic (exact) mass is 369 g/mol. The molecule has 1 saturated heterocycles. The predicted molar refractivity (Wildman–Crippen MR) is 105 cm³/mol. The molecule has 0 saturated carbocycles. The molecule has 1 N–H and O–H groups in total. The Hall–Kier alpha value is -2.69. The second-order valence-corrected chi connectivity index (χ2v) is 7.04. The quantitative estimate of drug-likeness (QED) is 0.839. The standard InChI is InChI=1S/C22H27NO4/c1-26-20-13-18(14-21(15-20)27-2)22(25)23-11-9-17(10-12-23)4-3-16-5-7-19(24)8-6-16/h5-8,13-15,17,24H,3-4,9-12H2,1-2H3. The van der Waals surface area contributed by atoms with Crippen LogP contribution in [0.4, 0.5) is 0 Å². The van der Waals surface area contributed by atoms with Crippen molar-refractivity contribution in [2.75, 3.05) is 27.3 Å². The van der Waals surface area contributed by atoms with Crippen molar-refractivity contribution in [1.29, 1.82) is 0 Å². The fraction of sp³-hybridized carbons (Fsp3) is 0.409. The van der Waals surface area contributed by atoms with Gasteiger partial charge in [0.15, 0.2) is 0 Å². The lowest BCUT2D eigenvalue weighted by Gasteiger charge is -2.32. The third-order valence-corrected chi connectivity index (χ3v) is 5.28. The first-order valence-electron chi connectivity index (χ1n) is 9.39. The van der Waals surface area contributed by atoms with Gasteiger partial charge in [-0.1, -0.05) is 12.1 Å². The molecule has 0 atom stereocenters. The molecule has 1 aliphatic rings. The van der Waals surface area contributed by atoms with Crippen LogP contribution in [0, 0.1) is 5.92 Å². The SMILES string of the molecule is COc1cc(OC)cc(C(=O)N2CCC(CCc3ccc(O)cc3)CC2)c1. The van der Waals surface area contributed by atoms with Gasteiger partial charge in [-0.25, -0.2) is 0 Å². The van der Waals surface area contributed by atoms with Crippen LogP contribution in [0.2, 0.25) is 0 Å². The summed E-state index contributed by atoms with van der Waals surface area (Å²) in [7, 11) is 3.17. The molecule has 2 aromatic rings. The summed E-state index contributed by atoms with van der Waals surface area (Å²) in [5.74, 6) is 2.22. The lowest BCUT2D eigenvalue weighted by atomic mass is 9.90. The number of piperidine rings is 1. The van der Waals surface area contributed by atoms with E-state index >= 15 is 0 Å². The van der Waals surface area contributed by atoms with E-state index < -0.39 is 0 Å². The zero-order valence-corrected chi connectivity index (χ0v) is 16.0. The van der Waals surface area contributed by atoms with Crippen LogP contribution in [0.15, 0.2) is 42.5 Å². The molecular weight excluding hydrogens is 342 g/mol. The Morgan fingerprint density at radius 2 is 1.63 bits per heavy atom. The first-order valence-corrected chi connectivity index (χ1v) is 9.39. The zero-order chi connectivity index (χ0) is 19.2. The highest BCUT2D eigenvalue weighted by Crippen LogP contribution is 2.27. The highest BCUT2D eigenvalue weighted by Gasteiger charge is 2.24. The number of carbonyl (C=O) groups is 1. The molecule has 2 aromatic carbocycles. The summed E-state index contributed by atoms with van der Waals surface area (Å²) in [6.45, 7) is 1.55. The van der Waals surface area contributed by atoms with Crippen LogP contribution in [-0.4, -0.2) is 43.2 Å². The van der Waals surface area contributed by atoms with Gasteiger partial charge in [-0.05, 0) is 61.4 Å². The number of aromatic hydroxyl groups is 1. The summed E-state index contributed by atoms with van der Waals surface area (Å²) >= 11 is 0. The maximum Gasteiger partial charge on any atom is 0.254 e. The van der Waals surface area contributed by atoms with Crippen LogP contribution in [0.1, 0.15) is 35.2 Å². The fourth-order valence-corrected chi connectivity index (χ4v) is 3.57. The van der Waals surface area contributed by atoms with Gasteiger partial charge in [-0.15, -0.1) is 0 Å². The number of amides is 1. The molecule has 3 rings (SSSR count). The van der Waals surface area contributed by atoms with E-state index in [0.717, 1.165) is 38.8 Å². The van der Waals surface area contributed by atoms with E-state index in [1.165, 1.54) is 5.56 Å². The van der Waals surface area contributed by atoms with Crippen molar-refractivity contribution in [3.8, 4) is 17.2 Å². The van der Waals surface area contributed by atoms with Gasteiger partial charge in [0.2, 0.25) is 0 Å². The topological polar surface area (TPSA) is 59.0 Å². The number of hydrogen-bond acceptors (Lipinski definition) is 4. The highest BCUT2D eigenvalue weighted by atomic mass is 16.5. The molecule has 1 amide bonds. The number of likely N-dealkylation sites (tertiary alicyclic amines) is 1. The molecule has 5 heteroatoms. The van der Waals surface area contributed by atoms with E-state index in [9.17, 15) is 9.90 Å². The molecule has 5 nitrogen and oxygen atoms in total. The van der Waals surface area contributed by atoms with E-state index in [1.807, 2.05) is 17.0 Å². The number of rotatable bonds is 6. The number of aryl methyl sites for hydroxylation is 1. The summed E-state index contributed by atoms with van der Waals surface area (Å²) in [4.78, 5) is 14.8. The molecular formula is C22H27NO4. The average molecular weight is 369 g/mol. The van der Waals surface area contributed by atoms with Gasteiger partial charge < -0.3 is 19.5 Å². The maximum atomic E-state index is 12.8. The first-order chi connectivity index (χ1) is 13.1. The van der Waals surface area contributed by atoms with Gasteiger partial charge in [0.1, 0.15) is 17.2 Å². The molecule has 0 spiro atoms. The average Bonchev–Trinajstić information content (AvgIpc) is 2.72. The lowest BCUT2D eigenvalue weighted by Crippen LogP contribution is -2.38. The van der Waals surface area contributed by atoms with Crippen LogP contribution in [0.5, 0.6) is 17.2 Å². The van der Waals surface area contributed by atoms with Gasteiger partial charge >= 0.3 is 0 Å². The highest BCUT2D eigenvalue weighted by molar-refractivity contribution is 5.95. The van der Waals surface area contributed by atoms with E-state index in [1.54, 1.807) is 44.6 Å². The summed E-state index contributed by atoms with van der Waals surface area (Å²) in [5, 5.41) is 9.36. The molecule has 0 aliphatic carbocycles. The molecule has 144 valence electrons. The Balaban J connectivity index is 1.54. The fourth-order valence-electron chi connectivity index (χ4n) is 3.57. The van der Waals surface area contributed by atoms with Gasteiger partial charge in [0, 0.05) is 24.7 Å². The van der Waals surface area contributed by atoms with Crippen molar-refractivity contribution < 1.29 is 19.4 Å². The van der Waals surface area contributed by atoms with Crippen molar-refractivity contribution in [2.24, 2.45) is 5.92 Å². The number of carbonyl (C=O) groups excluding carboxylic acids is 1. The minimum absolute atomic E-state index is 0.0317. The van der Waals surface area contributed by atoms with E-state index in [-0.39, 0.29) is 5.91 Å². The lowest BCUT2D eigenvalue weighted by molar-refractivity contribution is 0.0686. The minimum atomic E-state index is 0.0317. The zero-order valence-electron chi connectivity index (χ0n) is 16.0. The molecule has 0 radical (unpaired) electrons. The number of methoxy groups -OCH3 is 2. The van der Waals surface area contributed by atoms with Crippen LogP contribution < -0.4 is 9.47 Å². The molecule has 1 aliphatic heterocycles. The third-order valence-electron chi connectivity index (χ3n) is 5.28. The Kier molecular flexibility index (Phi) is 6.22. The summed E-state index contributed by atoms with van der Waals surface area (Å²) in [6.07, 6.45) is 4.15.